The summed E-state index contributed by atoms with van der Waals surface area (Å²) >= 11 is 0. The average molecular weight is 506 g/mol. The van der Waals surface area contributed by atoms with Crippen molar-refractivity contribution in [3.8, 4) is 11.5 Å². The van der Waals surface area contributed by atoms with Crippen molar-refractivity contribution in [2.75, 3.05) is 31.3 Å². The van der Waals surface area contributed by atoms with Crippen molar-refractivity contribution in [3.63, 3.8) is 0 Å². The van der Waals surface area contributed by atoms with Crippen LogP contribution in [0.15, 0.2) is 42.5 Å². The number of aryl methyl sites for hydroxylation is 1. The molecule has 0 spiro atoms. The van der Waals surface area contributed by atoms with E-state index in [1.165, 1.54) is 25.2 Å². The molecule has 0 saturated carbocycles. The van der Waals surface area contributed by atoms with Gasteiger partial charge in [-0.2, -0.15) is 0 Å². The molecule has 10 heteroatoms. The first kappa shape index (κ1) is 28.0. The fraction of sp³-hybridized carbons (Fsp3) is 0.440. The van der Waals surface area contributed by atoms with Crippen LogP contribution in [0.5, 0.6) is 11.5 Å². The van der Waals surface area contributed by atoms with Gasteiger partial charge in [-0.25, -0.2) is 8.42 Å². The lowest BCUT2D eigenvalue weighted by Gasteiger charge is -2.32. The molecule has 2 aromatic carbocycles. The topological polar surface area (TPSA) is 105 Å². The SMILES string of the molecule is COc1ccc(N(CC(=O)N(Cc2ccc(C)cc2)C(C)C(=O)NC(C)C)S(C)(=O)=O)c(OC)c1. The number of hydrogen-bond acceptors (Lipinski definition) is 6. The maximum Gasteiger partial charge on any atom is 0.244 e. The minimum absolute atomic E-state index is 0.114. The molecule has 1 atom stereocenters. The summed E-state index contributed by atoms with van der Waals surface area (Å²) in [4.78, 5) is 27.8. The van der Waals surface area contributed by atoms with E-state index in [0.29, 0.717) is 5.75 Å². The van der Waals surface area contributed by atoms with Gasteiger partial charge in [-0.3, -0.25) is 13.9 Å². The average Bonchev–Trinajstić information content (AvgIpc) is 2.80. The van der Waals surface area contributed by atoms with E-state index in [9.17, 15) is 18.0 Å². The molecule has 9 nitrogen and oxygen atoms in total. The van der Waals surface area contributed by atoms with Gasteiger partial charge in [0.05, 0.1) is 26.2 Å². The first-order valence-corrected chi connectivity index (χ1v) is 13.1. The number of methoxy groups -OCH3 is 2. The third kappa shape index (κ3) is 7.61. The Morgan fingerprint density at radius 2 is 1.63 bits per heavy atom. The zero-order valence-corrected chi connectivity index (χ0v) is 22.2. The lowest BCUT2D eigenvalue weighted by molar-refractivity contribution is -0.139. The van der Waals surface area contributed by atoms with E-state index >= 15 is 0 Å². The summed E-state index contributed by atoms with van der Waals surface area (Å²) in [5, 5.41) is 2.82. The van der Waals surface area contributed by atoms with Crippen LogP contribution in [0.1, 0.15) is 31.9 Å². The number of benzene rings is 2. The third-order valence-corrected chi connectivity index (χ3v) is 6.53. The number of amides is 2. The van der Waals surface area contributed by atoms with Crippen molar-refractivity contribution in [2.45, 2.75) is 46.3 Å². The third-order valence-electron chi connectivity index (χ3n) is 5.41. The number of ether oxygens (including phenoxy) is 2. The number of rotatable bonds is 11. The molecule has 0 aliphatic carbocycles. The second-order valence-electron chi connectivity index (χ2n) is 8.65. The van der Waals surface area contributed by atoms with Crippen LogP contribution in [0, 0.1) is 6.92 Å². The van der Waals surface area contributed by atoms with Gasteiger partial charge in [0, 0.05) is 18.7 Å². The predicted molar refractivity (Wildman–Crippen MR) is 136 cm³/mol. The Kier molecular flexibility index (Phi) is 9.53. The molecule has 1 unspecified atom stereocenters. The molecule has 0 heterocycles. The molecule has 0 saturated heterocycles. The van der Waals surface area contributed by atoms with Crippen LogP contribution < -0.4 is 19.1 Å². The van der Waals surface area contributed by atoms with Crippen LogP contribution in [0.25, 0.3) is 0 Å². The van der Waals surface area contributed by atoms with Crippen LogP contribution in [-0.4, -0.2) is 64.2 Å². The van der Waals surface area contributed by atoms with E-state index in [4.69, 9.17) is 9.47 Å². The van der Waals surface area contributed by atoms with Crippen molar-refractivity contribution >= 4 is 27.5 Å². The molecule has 2 amide bonds. The van der Waals surface area contributed by atoms with E-state index in [0.717, 1.165) is 21.7 Å². The maximum absolute atomic E-state index is 13.6. The Labute approximate surface area is 208 Å². The second kappa shape index (κ2) is 11.9. The summed E-state index contributed by atoms with van der Waals surface area (Å²) in [5.41, 5.74) is 2.08. The molecule has 35 heavy (non-hydrogen) atoms. The highest BCUT2D eigenvalue weighted by Crippen LogP contribution is 2.33. The summed E-state index contributed by atoms with van der Waals surface area (Å²) in [6, 6.07) is 11.3. The van der Waals surface area contributed by atoms with E-state index in [2.05, 4.69) is 5.32 Å². The van der Waals surface area contributed by atoms with Gasteiger partial charge in [0.1, 0.15) is 24.1 Å². The van der Waals surface area contributed by atoms with Gasteiger partial charge in [-0.15, -0.1) is 0 Å². The van der Waals surface area contributed by atoms with Crippen LogP contribution in [0.4, 0.5) is 5.69 Å². The molecular formula is C25H35N3O6S. The Bertz CT molecular complexity index is 1130. The standard InChI is InChI=1S/C25H35N3O6S/c1-17(2)26-25(30)19(4)27(15-20-10-8-18(3)9-11-20)24(29)16-28(35(7,31)32)22-13-12-21(33-5)14-23(22)34-6/h8-14,17,19H,15-16H2,1-7H3,(H,26,30). The monoisotopic (exact) mass is 505 g/mol. The molecule has 192 valence electrons. The normalized spacial score (nSPS) is 12.1. The van der Waals surface area contributed by atoms with Gasteiger partial charge in [0.15, 0.2) is 0 Å². The summed E-state index contributed by atoms with van der Waals surface area (Å²) in [7, 11) is -0.987. The van der Waals surface area contributed by atoms with Crippen molar-refractivity contribution in [3.05, 3.63) is 53.6 Å². The fourth-order valence-corrected chi connectivity index (χ4v) is 4.32. The maximum atomic E-state index is 13.6. The Morgan fingerprint density at radius 1 is 1.00 bits per heavy atom. The van der Waals surface area contributed by atoms with Crippen LogP contribution in [0.2, 0.25) is 0 Å². The van der Waals surface area contributed by atoms with Crippen molar-refractivity contribution < 1.29 is 27.5 Å². The number of anilines is 1. The second-order valence-corrected chi connectivity index (χ2v) is 10.6. The highest BCUT2D eigenvalue weighted by Gasteiger charge is 2.31. The van der Waals surface area contributed by atoms with Crippen LogP contribution >= 0.6 is 0 Å². The number of sulfonamides is 1. The Balaban J connectivity index is 2.45. The van der Waals surface area contributed by atoms with E-state index < -0.39 is 28.5 Å². The minimum atomic E-state index is -3.88. The molecule has 0 fully saturated rings. The van der Waals surface area contributed by atoms with E-state index in [-0.39, 0.29) is 29.9 Å². The van der Waals surface area contributed by atoms with Gasteiger partial charge < -0.3 is 19.7 Å². The van der Waals surface area contributed by atoms with Crippen molar-refractivity contribution in [1.29, 1.82) is 0 Å². The van der Waals surface area contributed by atoms with Crippen LogP contribution in [0.3, 0.4) is 0 Å². The number of hydrogen-bond donors (Lipinski definition) is 1. The molecule has 0 aromatic heterocycles. The van der Waals surface area contributed by atoms with Crippen molar-refractivity contribution in [1.82, 2.24) is 10.2 Å². The first-order valence-electron chi connectivity index (χ1n) is 11.2. The molecule has 2 rings (SSSR count). The molecule has 1 N–H and O–H groups in total. The fourth-order valence-electron chi connectivity index (χ4n) is 3.46. The Hall–Kier alpha value is -3.27. The highest BCUT2D eigenvalue weighted by atomic mass is 32.2. The molecular weight excluding hydrogens is 470 g/mol. The lowest BCUT2D eigenvalue weighted by atomic mass is 10.1. The largest absolute Gasteiger partial charge is 0.497 e. The zero-order chi connectivity index (χ0) is 26.3. The molecule has 2 aromatic rings. The van der Waals surface area contributed by atoms with Gasteiger partial charge in [0.25, 0.3) is 0 Å². The van der Waals surface area contributed by atoms with Crippen LogP contribution in [-0.2, 0) is 26.2 Å². The Morgan fingerprint density at radius 3 is 2.14 bits per heavy atom. The smallest absolute Gasteiger partial charge is 0.244 e. The van der Waals surface area contributed by atoms with E-state index in [1.807, 2.05) is 45.0 Å². The summed E-state index contributed by atoms with van der Waals surface area (Å²) in [6.45, 7) is 6.88. The number of nitrogens with one attached hydrogen (secondary N) is 1. The molecule has 0 aliphatic heterocycles. The number of nitrogens with zero attached hydrogens (tertiary/aromatic N) is 2. The zero-order valence-electron chi connectivity index (χ0n) is 21.4. The number of carbonyl (C=O) groups is 2. The van der Waals surface area contributed by atoms with Gasteiger partial charge in [-0.05, 0) is 45.4 Å². The molecule has 0 radical (unpaired) electrons. The number of carbonyl (C=O) groups excluding carboxylic acids is 2. The van der Waals surface area contributed by atoms with E-state index in [1.54, 1.807) is 19.1 Å². The van der Waals surface area contributed by atoms with Gasteiger partial charge >= 0.3 is 0 Å². The van der Waals surface area contributed by atoms with Gasteiger partial charge in [-0.1, -0.05) is 29.8 Å². The summed E-state index contributed by atoms with van der Waals surface area (Å²) in [6.07, 6.45) is 1.02. The molecule has 0 aliphatic rings. The predicted octanol–water partition coefficient (Wildman–Crippen LogP) is 2.72. The quantitative estimate of drug-likeness (QED) is 0.504. The first-order chi connectivity index (χ1) is 16.4. The molecule has 0 bridgehead atoms. The highest BCUT2D eigenvalue weighted by molar-refractivity contribution is 7.92. The lowest BCUT2D eigenvalue weighted by Crippen LogP contribution is -2.52. The minimum Gasteiger partial charge on any atom is -0.497 e. The van der Waals surface area contributed by atoms with Gasteiger partial charge in [0.2, 0.25) is 21.8 Å². The summed E-state index contributed by atoms with van der Waals surface area (Å²) < 4.78 is 37.0. The van der Waals surface area contributed by atoms with Crippen molar-refractivity contribution in [2.24, 2.45) is 0 Å². The summed E-state index contributed by atoms with van der Waals surface area (Å²) in [5.74, 6) is -0.141.